The summed E-state index contributed by atoms with van der Waals surface area (Å²) in [5.41, 5.74) is 4.40. The fraction of sp³-hybridized carbons (Fsp3) is 0.545. The molecule has 0 spiro atoms. The summed E-state index contributed by atoms with van der Waals surface area (Å²) in [7, 11) is 1.87. The van der Waals surface area contributed by atoms with Gasteiger partial charge in [0.15, 0.2) is 11.3 Å². The Labute approximate surface area is 176 Å². The van der Waals surface area contributed by atoms with Crippen molar-refractivity contribution < 1.29 is 4.79 Å². The molecular weight excluding hydrogens is 378 g/mol. The van der Waals surface area contributed by atoms with Gasteiger partial charge in [-0.1, -0.05) is 0 Å². The number of anilines is 1. The highest BCUT2D eigenvalue weighted by Crippen LogP contribution is 2.32. The molecule has 5 heterocycles. The van der Waals surface area contributed by atoms with Crippen molar-refractivity contribution >= 4 is 17.4 Å². The monoisotopic (exact) mass is 407 g/mol. The minimum Gasteiger partial charge on any atom is -0.356 e. The summed E-state index contributed by atoms with van der Waals surface area (Å²) in [5.74, 6) is 1.05. The number of aromatic nitrogens is 5. The molecule has 8 heteroatoms. The van der Waals surface area contributed by atoms with Crippen LogP contribution in [-0.4, -0.2) is 54.8 Å². The molecule has 0 bridgehead atoms. The van der Waals surface area contributed by atoms with Gasteiger partial charge in [0.1, 0.15) is 5.82 Å². The first kappa shape index (κ1) is 19.1. The predicted molar refractivity (Wildman–Crippen MR) is 115 cm³/mol. The molecule has 0 radical (unpaired) electrons. The highest BCUT2D eigenvalue weighted by molar-refractivity contribution is 5.92. The number of piperidine rings is 1. The van der Waals surface area contributed by atoms with Gasteiger partial charge in [0.2, 0.25) is 0 Å². The Morgan fingerprint density at radius 2 is 1.80 bits per heavy atom. The Hall–Kier alpha value is -2.90. The molecule has 1 atom stereocenters. The van der Waals surface area contributed by atoms with Gasteiger partial charge in [-0.2, -0.15) is 10.2 Å². The van der Waals surface area contributed by atoms with Gasteiger partial charge in [-0.05, 0) is 52.0 Å². The second kappa shape index (κ2) is 7.41. The van der Waals surface area contributed by atoms with Crippen LogP contribution in [-0.2, 0) is 7.05 Å². The van der Waals surface area contributed by atoms with E-state index in [1.807, 2.05) is 29.5 Å². The molecule has 8 nitrogen and oxygen atoms in total. The van der Waals surface area contributed by atoms with Gasteiger partial charge in [0.05, 0.1) is 11.7 Å². The maximum atomic E-state index is 13.2. The fourth-order valence-electron chi connectivity index (χ4n) is 4.73. The summed E-state index contributed by atoms with van der Waals surface area (Å²) in [6.45, 7) is 6.93. The maximum Gasteiger partial charge on any atom is 0.274 e. The van der Waals surface area contributed by atoms with E-state index in [-0.39, 0.29) is 11.9 Å². The quantitative estimate of drug-likeness (QED) is 0.667. The van der Waals surface area contributed by atoms with E-state index < -0.39 is 0 Å². The molecule has 5 rings (SSSR count). The van der Waals surface area contributed by atoms with E-state index in [4.69, 9.17) is 10.1 Å². The number of carbonyl (C=O) groups excluding carboxylic acids is 1. The van der Waals surface area contributed by atoms with E-state index in [0.717, 1.165) is 67.3 Å². The fourth-order valence-corrected chi connectivity index (χ4v) is 4.73. The van der Waals surface area contributed by atoms with Crippen LogP contribution in [0.25, 0.3) is 5.65 Å². The van der Waals surface area contributed by atoms with Gasteiger partial charge >= 0.3 is 0 Å². The minimum atomic E-state index is -0.0363. The van der Waals surface area contributed by atoms with Crippen molar-refractivity contribution in [1.82, 2.24) is 29.3 Å². The van der Waals surface area contributed by atoms with Gasteiger partial charge in [0.25, 0.3) is 5.91 Å². The van der Waals surface area contributed by atoms with Crippen LogP contribution in [0.15, 0.2) is 18.3 Å². The molecule has 30 heavy (non-hydrogen) atoms. The van der Waals surface area contributed by atoms with Crippen molar-refractivity contribution in [3.8, 4) is 0 Å². The van der Waals surface area contributed by atoms with E-state index in [1.54, 1.807) is 4.68 Å². The summed E-state index contributed by atoms with van der Waals surface area (Å²) in [6.07, 6.45) is 7.54. The van der Waals surface area contributed by atoms with Gasteiger partial charge in [-0.25, -0.2) is 9.50 Å². The van der Waals surface area contributed by atoms with E-state index in [9.17, 15) is 4.79 Å². The third-order valence-corrected chi connectivity index (χ3v) is 6.47. The van der Waals surface area contributed by atoms with Crippen LogP contribution in [0.5, 0.6) is 0 Å². The Kier molecular flexibility index (Phi) is 4.72. The normalized spacial score (nSPS) is 19.8. The number of amides is 1. The Morgan fingerprint density at radius 1 is 1.03 bits per heavy atom. The van der Waals surface area contributed by atoms with Crippen molar-refractivity contribution in [1.29, 1.82) is 0 Å². The van der Waals surface area contributed by atoms with E-state index in [1.165, 1.54) is 12.8 Å². The maximum absolute atomic E-state index is 13.2. The zero-order chi connectivity index (χ0) is 20.8. The highest BCUT2D eigenvalue weighted by atomic mass is 16.2. The Balaban J connectivity index is 1.48. The molecule has 2 aliphatic heterocycles. The van der Waals surface area contributed by atoms with E-state index in [2.05, 4.69) is 29.2 Å². The molecule has 3 aromatic heterocycles. The van der Waals surface area contributed by atoms with Gasteiger partial charge in [-0.15, -0.1) is 0 Å². The Morgan fingerprint density at radius 3 is 2.53 bits per heavy atom. The number of nitrogens with zero attached hydrogens (tertiary/aromatic N) is 7. The van der Waals surface area contributed by atoms with Crippen LogP contribution in [0.2, 0.25) is 0 Å². The third kappa shape index (κ3) is 3.24. The molecule has 0 aliphatic carbocycles. The SMILES string of the molecule is Cc1cn2nc(C3CCCCN3C(=O)c3cc(C)n(C)n3)cc2nc1N1CCCC1. The molecule has 2 aliphatic rings. The van der Waals surface area contributed by atoms with Crippen molar-refractivity contribution in [2.75, 3.05) is 24.5 Å². The van der Waals surface area contributed by atoms with Crippen LogP contribution in [0.4, 0.5) is 5.82 Å². The summed E-state index contributed by atoms with van der Waals surface area (Å²) in [6, 6.07) is 3.88. The first-order valence-corrected chi connectivity index (χ1v) is 10.9. The van der Waals surface area contributed by atoms with Gasteiger partial charge < -0.3 is 9.80 Å². The minimum absolute atomic E-state index is 0.0117. The number of carbonyl (C=O) groups is 1. The topological polar surface area (TPSA) is 71.6 Å². The summed E-state index contributed by atoms with van der Waals surface area (Å²) in [5, 5.41) is 9.24. The zero-order valence-electron chi connectivity index (χ0n) is 18.0. The zero-order valence-corrected chi connectivity index (χ0v) is 18.0. The van der Waals surface area contributed by atoms with E-state index >= 15 is 0 Å². The molecule has 0 N–H and O–H groups in total. The van der Waals surface area contributed by atoms with Crippen LogP contribution < -0.4 is 4.90 Å². The standard InChI is InChI=1S/C22H29N7O/c1-15-14-29-20(23-21(15)27-9-6-7-10-27)13-17(25-29)19-8-4-5-11-28(19)22(30)18-12-16(2)26(3)24-18/h12-14,19H,4-11H2,1-3H3. The number of fused-ring (bicyclic) bond motifs is 1. The predicted octanol–water partition coefficient (Wildman–Crippen LogP) is 3.05. The van der Waals surface area contributed by atoms with Crippen LogP contribution in [0.1, 0.15) is 65.6 Å². The first-order chi connectivity index (χ1) is 14.5. The molecule has 2 saturated heterocycles. The average molecular weight is 408 g/mol. The molecule has 158 valence electrons. The van der Waals surface area contributed by atoms with Gasteiger partial charge in [-0.3, -0.25) is 9.48 Å². The number of rotatable bonds is 3. The lowest BCUT2D eigenvalue weighted by Gasteiger charge is -2.34. The summed E-state index contributed by atoms with van der Waals surface area (Å²) >= 11 is 0. The molecule has 1 unspecified atom stereocenters. The third-order valence-electron chi connectivity index (χ3n) is 6.47. The van der Waals surface area contributed by atoms with Crippen LogP contribution >= 0.6 is 0 Å². The molecule has 0 aromatic carbocycles. The lowest BCUT2D eigenvalue weighted by Crippen LogP contribution is -2.39. The van der Waals surface area contributed by atoms with Gasteiger partial charge in [0, 0.05) is 50.2 Å². The number of likely N-dealkylation sites (tertiary alicyclic amines) is 1. The lowest BCUT2D eigenvalue weighted by atomic mass is 9.99. The smallest absolute Gasteiger partial charge is 0.274 e. The average Bonchev–Trinajstić information content (AvgIpc) is 3.47. The summed E-state index contributed by atoms with van der Waals surface area (Å²) in [4.78, 5) is 22.5. The van der Waals surface area contributed by atoms with Crippen molar-refractivity contribution in [3.05, 3.63) is 41.0 Å². The molecule has 1 amide bonds. The molecule has 0 saturated carbocycles. The van der Waals surface area contributed by atoms with Crippen molar-refractivity contribution in [2.45, 2.75) is 52.0 Å². The summed E-state index contributed by atoms with van der Waals surface area (Å²) < 4.78 is 3.62. The molecule has 2 fully saturated rings. The highest BCUT2D eigenvalue weighted by Gasteiger charge is 2.32. The van der Waals surface area contributed by atoms with E-state index in [0.29, 0.717) is 5.69 Å². The molecule has 3 aromatic rings. The lowest BCUT2D eigenvalue weighted by molar-refractivity contribution is 0.0599. The number of aryl methyl sites for hydroxylation is 3. The van der Waals surface area contributed by atoms with Crippen molar-refractivity contribution in [3.63, 3.8) is 0 Å². The van der Waals surface area contributed by atoms with Crippen LogP contribution in [0, 0.1) is 13.8 Å². The first-order valence-electron chi connectivity index (χ1n) is 10.9. The second-order valence-corrected chi connectivity index (χ2v) is 8.62. The Bertz CT molecular complexity index is 1070. The van der Waals surface area contributed by atoms with Crippen LogP contribution in [0.3, 0.4) is 0 Å². The number of hydrogen-bond acceptors (Lipinski definition) is 5. The van der Waals surface area contributed by atoms with Crippen molar-refractivity contribution in [2.24, 2.45) is 7.05 Å². The number of hydrogen-bond donors (Lipinski definition) is 0. The molecular formula is C22H29N7O. The second-order valence-electron chi connectivity index (χ2n) is 8.62. The largest absolute Gasteiger partial charge is 0.356 e.